The Morgan fingerprint density at radius 1 is 0.967 bits per heavy atom. The minimum Gasteiger partial charge on any atom is -0.489 e. The number of aryl methyl sites for hydroxylation is 1. The third-order valence-corrected chi connectivity index (χ3v) is 4.46. The summed E-state index contributed by atoms with van der Waals surface area (Å²) in [6, 6.07) is 22.5. The van der Waals surface area contributed by atoms with Crippen LogP contribution in [-0.2, 0) is 16.1 Å². The van der Waals surface area contributed by atoms with E-state index in [2.05, 4.69) is 5.32 Å². The Labute approximate surface area is 176 Å². The Morgan fingerprint density at radius 2 is 1.70 bits per heavy atom. The monoisotopic (exact) mass is 401 g/mol. The zero-order valence-electron chi connectivity index (χ0n) is 16.9. The quantitative estimate of drug-likeness (QED) is 0.446. The number of hydrogen-bond acceptors (Lipinski definition) is 4. The first-order chi connectivity index (χ1) is 14.5. The third kappa shape index (κ3) is 5.82. The molecule has 3 aromatic carbocycles. The average molecular weight is 401 g/mol. The fraction of sp³-hybridized carbons (Fsp3) is 0.120. The molecule has 152 valence electrons. The standard InChI is InChI=1S/C25H23NO4/c1-18-16-21(25(28)29-2)11-14-23(18)26-24(27)15-10-19-8-12-22(13-9-19)30-17-20-6-4-3-5-7-20/h3-16H,17H2,1-2H3,(H,26,27)/b15-10+. The lowest BCUT2D eigenvalue weighted by Crippen LogP contribution is -2.10. The Bertz CT molecular complexity index is 1040. The van der Waals surface area contributed by atoms with Gasteiger partial charge in [-0.1, -0.05) is 42.5 Å². The predicted molar refractivity (Wildman–Crippen MR) is 117 cm³/mol. The van der Waals surface area contributed by atoms with Crippen LogP contribution in [0.4, 0.5) is 5.69 Å². The van der Waals surface area contributed by atoms with Crippen molar-refractivity contribution in [1.29, 1.82) is 0 Å². The molecule has 0 bridgehead atoms. The van der Waals surface area contributed by atoms with Gasteiger partial charge in [0.25, 0.3) is 0 Å². The molecule has 0 aliphatic rings. The number of carbonyl (C=O) groups excluding carboxylic acids is 2. The molecule has 5 nitrogen and oxygen atoms in total. The maximum Gasteiger partial charge on any atom is 0.337 e. The molecule has 1 N–H and O–H groups in total. The predicted octanol–water partition coefficient (Wildman–Crippen LogP) is 5.01. The molecule has 0 unspecified atom stereocenters. The molecule has 5 heteroatoms. The summed E-state index contributed by atoms with van der Waals surface area (Å²) in [5, 5.41) is 2.81. The molecule has 0 spiro atoms. The Hall–Kier alpha value is -3.86. The minimum absolute atomic E-state index is 0.256. The number of nitrogens with one attached hydrogen (secondary N) is 1. The summed E-state index contributed by atoms with van der Waals surface area (Å²) in [6.45, 7) is 2.33. The van der Waals surface area contributed by atoms with Crippen LogP contribution in [0.25, 0.3) is 6.08 Å². The molecule has 0 aromatic heterocycles. The van der Waals surface area contributed by atoms with Crippen molar-refractivity contribution in [2.24, 2.45) is 0 Å². The van der Waals surface area contributed by atoms with E-state index in [1.807, 2.05) is 61.5 Å². The molecule has 0 saturated heterocycles. The van der Waals surface area contributed by atoms with Gasteiger partial charge >= 0.3 is 5.97 Å². The van der Waals surface area contributed by atoms with Crippen molar-refractivity contribution in [2.75, 3.05) is 12.4 Å². The van der Waals surface area contributed by atoms with Crippen LogP contribution in [0, 0.1) is 6.92 Å². The van der Waals surface area contributed by atoms with E-state index in [1.165, 1.54) is 13.2 Å². The van der Waals surface area contributed by atoms with Gasteiger partial charge in [-0.3, -0.25) is 4.79 Å². The maximum atomic E-state index is 12.2. The van der Waals surface area contributed by atoms with Gasteiger partial charge in [-0.05, 0) is 60.0 Å². The molecule has 0 atom stereocenters. The fourth-order valence-corrected chi connectivity index (χ4v) is 2.81. The van der Waals surface area contributed by atoms with Gasteiger partial charge in [-0.25, -0.2) is 4.79 Å². The van der Waals surface area contributed by atoms with E-state index >= 15 is 0 Å². The Balaban J connectivity index is 1.55. The van der Waals surface area contributed by atoms with E-state index < -0.39 is 5.97 Å². The van der Waals surface area contributed by atoms with Crippen LogP contribution in [0.5, 0.6) is 5.75 Å². The lowest BCUT2D eigenvalue weighted by atomic mass is 10.1. The molecular formula is C25H23NO4. The Kier molecular flexibility index (Phi) is 7.00. The molecule has 0 aliphatic heterocycles. The first-order valence-electron chi connectivity index (χ1n) is 9.50. The van der Waals surface area contributed by atoms with Crippen LogP contribution in [0.3, 0.4) is 0 Å². The van der Waals surface area contributed by atoms with Crippen molar-refractivity contribution in [2.45, 2.75) is 13.5 Å². The molecule has 0 saturated carbocycles. The summed E-state index contributed by atoms with van der Waals surface area (Å²) in [5.41, 5.74) is 3.85. The summed E-state index contributed by atoms with van der Waals surface area (Å²) in [5.74, 6) is 0.0992. The van der Waals surface area contributed by atoms with E-state index in [-0.39, 0.29) is 5.91 Å². The summed E-state index contributed by atoms with van der Waals surface area (Å²) >= 11 is 0. The largest absolute Gasteiger partial charge is 0.489 e. The summed E-state index contributed by atoms with van der Waals surface area (Å²) in [4.78, 5) is 23.8. The van der Waals surface area contributed by atoms with E-state index in [0.717, 1.165) is 22.4 Å². The number of anilines is 1. The van der Waals surface area contributed by atoms with Crippen LogP contribution < -0.4 is 10.1 Å². The molecule has 3 aromatic rings. The summed E-state index contributed by atoms with van der Waals surface area (Å²) in [7, 11) is 1.33. The van der Waals surface area contributed by atoms with Crippen LogP contribution in [-0.4, -0.2) is 19.0 Å². The van der Waals surface area contributed by atoms with Gasteiger partial charge in [0.05, 0.1) is 12.7 Å². The van der Waals surface area contributed by atoms with E-state index in [0.29, 0.717) is 17.9 Å². The van der Waals surface area contributed by atoms with Crippen molar-refractivity contribution >= 4 is 23.6 Å². The summed E-state index contributed by atoms with van der Waals surface area (Å²) < 4.78 is 10.5. The number of amides is 1. The fourth-order valence-electron chi connectivity index (χ4n) is 2.81. The highest BCUT2D eigenvalue weighted by Crippen LogP contribution is 2.18. The van der Waals surface area contributed by atoms with E-state index in [1.54, 1.807) is 24.3 Å². The molecule has 0 aliphatic carbocycles. The minimum atomic E-state index is -0.410. The highest BCUT2D eigenvalue weighted by atomic mass is 16.5. The van der Waals surface area contributed by atoms with Gasteiger partial charge in [0.1, 0.15) is 12.4 Å². The van der Waals surface area contributed by atoms with Crippen LogP contribution in [0.15, 0.2) is 78.9 Å². The lowest BCUT2D eigenvalue weighted by Gasteiger charge is -2.08. The van der Waals surface area contributed by atoms with Crippen molar-refractivity contribution < 1.29 is 19.1 Å². The Morgan fingerprint density at radius 3 is 2.37 bits per heavy atom. The van der Waals surface area contributed by atoms with Gasteiger partial charge in [0, 0.05) is 11.8 Å². The number of carbonyl (C=O) groups is 2. The van der Waals surface area contributed by atoms with Crippen LogP contribution >= 0.6 is 0 Å². The second kappa shape index (κ2) is 10.1. The molecule has 0 heterocycles. The number of rotatable bonds is 7. The molecule has 3 rings (SSSR count). The number of hydrogen-bond donors (Lipinski definition) is 1. The van der Waals surface area contributed by atoms with Gasteiger partial charge < -0.3 is 14.8 Å². The number of benzene rings is 3. The number of methoxy groups -OCH3 is 1. The zero-order valence-corrected chi connectivity index (χ0v) is 16.9. The van der Waals surface area contributed by atoms with Crippen molar-refractivity contribution in [3.63, 3.8) is 0 Å². The number of ether oxygens (including phenoxy) is 2. The molecule has 0 fully saturated rings. The van der Waals surface area contributed by atoms with Gasteiger partial charge in [-0.2, -0.15) is 0 Å². The topological polar surface area (TPSA) is 64.6 Å². The van der Waals surface area contributed by atoms with Crippen molar-refractivity contribution in [1.82, 2.24) is 0 Å². The van der Waals surface area contributed by atoms with E-state index in [4.69, 9.17) is 9.47 Å². The van der Waals surface area contributed by atoms with Crippen LogP contribution in [0.1, 0.15) is 27.0 Å². The SMILES string of the molecule is COC(=O)c1ccc(NC(=O)/C=C/c2ccc(OCc3ccccc3)cc2)c(C)c1. The average Bonchev–Trinajstić information content (AvgIpc) is 2.78. The molecular weight excluding hydrogens is 378 g/mol. The second-order valence-corrected chi connectivity index (χ2v) is 6.69. The van der Waals surface area contributed by atoms with Crippen molar-refractivity contribution in [3.8, 4) is 5.75 Å². The normalized spacial score (nSPS) is 10.6. The smallest absolute Gasteiger partial charge is 0.337 e. The molecule has 0 radical (unpaired) electrons. The second-order valence-electron chi connectivity index (χ2n) is 6.69. The highest BCUT2D eigenvalue weighted by molar-refractivity contribution is 6.02. The lowest BCUT2D eigenvalue weighted by molar-refractivity contribution is -0.111. The van der Waals surface area contributed by atoms with Crippen LogP contribution in [0.2, 0.25) is 0 Å². The third-order valence-electron chi connectivity index (χ3n) is 4.46. The zero-order chi connectivity index (χ0) is 21.3. The first kappa shape index (κ1) is 20.9. The molecule has 30 heavy (non-hydrogen) atoms. The maximum absolute atomic E-state index is 12.2. The van der Waals surface area contributed by atoms with Gasteiger partial charge in [0.2, 0.25) is 5.91 Å². The van der Waals surface area contributed by atoms with E-state index in [9.17, 15) is 9.59 Å². The van der Waals surface area contributed by atoms with Crippen molar-refractivity contribution in [3.05, 3.63) is 101 Å². The first-order valence-corrected chi connectivity index (χ1v) is 9.50. The highest BCUT2D eigenvalue weighted by Gasteiger charge is 2.08. The van der Waals surface area contributed by atoms with Gasteiger partial charge in [-0.15, -0.1) is 0 Å². The summed E-state index contributed by atoms with van der Waals surface area (Å²) in [6.07, 6.45) is 3.20. The van der Waals surface area contributed by atoms with Gasteiger partial charge in [0.15, 0.2) is 0 Å². The number of esters is 1. The molecule has 1 amide bonds.